The highest BCUT2D eigenvalue weighted by Crippen LogP contribution is 2.71. The van der Waals surface area contributed by atoms with Crippen LogP contribution in [0.25, 0.3) is 0 Å². The molecule has 8 heteroatoms. The van der Waals surface area contributed by atoms with Crippen molar-refractivity contribution in [3.05, 3.63) is 0 Å². The number of piperidine rings is 1. The molecular formula is C35H58N4O4. The van der Waals surface area contributed by atoms with Crippen LogP contribution in [0.2, 0.25) is 0 Å². The zero-order valence-corrected chi connectivity index (χ0v) is 27.3. The number of carbonyl (C=O) groups excluding carboxylic acids is 2. The Labute approximate surface area is 259 Å². The first kappa shape index (κ1) is 30.4. The van der Waals surface area contributed by atoms with E-state index in [1.54, 1.807) is 0 Å². The summed E-state index contributed by atoms with van der Waals surface area (Å²) in [6.45, 7) is 14.8. The van der Waals surface area contributed by atoms with Crippen molar-refractivity contribution in [2.45, 2.75) is 116 Å². The van der Waals surface area contributed by atoms with Crippen molar-refractivity contribution >= 4 is 11.8 Å². The van der Waals surface area contributed by atoms with E-state index >= 15 is 0 Å². The van der Waals surface area contributed by atoms with Crippen molar-refractivity contribution in [1.82, 2.24) is 20.9 Å². The Morgan fingerprint density at radius 1 is 0.907 bits per heavy atom. The second kappa shape index (κ2) is 11.5. The average molecular weight is 599 g/mol. The summed E-state index contributed by atoms with van der Waals surface area (Å²) in [7, 11) is 0. The van der Waals surface area contributed by atoms with E-state index < -0.39 is 0 Å². The molecule has 0 radical (unpaired) electrons. The molecule has 0 bridgehead atoms. The Morgan fingerprint density at radius 3 is 2.47 bits per heavy atom. The average Bonchev–Trinajstić information content (AvgIpc) is 3.44. The van der Waals surface area contributed by atoms with E-state index in [9.17, 15) is 9.59 Å². The number of amides is 2. The Hall–Kier alpha value is -1.22. The Bertz CT molecular complexity index is 1060. The monoisotopic (exact) mass is 598 g/mol. The minimum absolute atomic E-state index is 0.0770. The highest BCUT2D eigenvalue weighted by atomic mass is 16.5. The quantitative estimate of drug-likeness (QED) is 0.409. The van der Waals surface area contributed by atoms with Crippen LogP contribution >= 0.6 is 0 Å². The van der Waals surface area contributed by atoms with E-state index in [-0.39, 0.29) is 30.0 Å². The van der Waals surface area contributed by atoms with Gasteiger partial charge in [-0.3, -0.25) is 19.8 Å². The summed E-state index contributed by atoms with van der Waals surface area (Å²) in [6.07, 6.45) is 12.7. The minimum Gasteiger partial charge on any atom is -0.379 e. The largest absolute Gasteiger partial charge is 0.379 e. The van der Waals surface area contributed by atoms with Gasteiger partial charge in [-0.25, -0.2) is 0 Å². The molecule has 3 aliphatic heterocycles. The first-order valence-electron chi connectivity index (χ1n) is 17.9. The van der Waals surface area contributed by atoms with Crippen LogP contribution in [0, 0.1) is 52.3 Å². The Balaban J connectivity index is 0.940. The molecule has 7 fully saturated rings. The van der Waals surface area contributed by atoms with Gasteiger partial charge in [0.2, 0.25) is 11.8 Å². The zero-order valence-electron chi connectivity index (χ0n) is 27.3. The van der Waals surface area contributed by atoms with Gasteiger partial charge in [0.1, 0.15) is 12.1 Å². The molecule has 4 aliphatic carbocycles. The van der Waals surface area contributed by atoms with Crippen molar-refractivity contribution in [2.75, 3.05) is 39.5 Å². The molecule has 242 valence electrons. The van der Waals surface area contributed by atoms with Gasteiger partial charge in [-0.1, -0.05) is 27.7 Å². The lowest BCUT2D eigenvalue weighted by atomic mass is 9.44. The summed E-state index contributed by atoms with van der Waals surface area (Å²) in [6, 6.07) is 0.199. The Morgan fingerprint density at radius 2 is 1.70 bits per heavy atom. The first-order chi connectivity index (χ1) is 20.6. The normalized spacial score (nSPS) is 49.4. The lowest BCUT2D eigenvalue weighted by molar-refractivity contribution is -0.137. The van der Waals surface area contributed by atoms with Crippen LogP contribution in [-0.2, 0) is 19.1 Å². The van der Waals surface area contributed by atoms with Gasteiger partial charge >= 0.3 is 0 Å². The van der Waals surface area contributed by atoms with Gasteiger partial charge in [-0.15, -0.1) is 0 Å². The van der Waals surface area contributed by atoms with Crippen LogP contribution in [0.15, 0.2) is 0 Å². The van der Waals surface area contributed by atoms with E-state index in [0.717, 1.165) is 56.1 Å². The van der Waals surface area contributed by atoms with Crippen LogP contribution in [-0.4, -0.2) is 74.1 Å². The van der Waals surface area contributed by atoms with Gasteiger partial charge in [0.05, 0.1) is 26.0 Å². The van der Waals surface area contributed by atoms with Crippen LogP contribution in [0.5, 0.6) is 0 Å². The molecule has 0 aromatic heterocycles. The van der Waals surface area contributed by atoms with E-state index in [4.69, 9.17) is 9.47 Å². The molecule has 2 amide bonds. The number of nitrogens with zero attached hydrogens (tertiary/aromatic N) is 1. The number of nitrogens with one attached hydrogen (secondary N) is 3. The van der Waals surface area contributed by atoms with Gasteiger partial charge < -0.3 is 20.1 Å². The summed E-state index contributed by atoms with van der Waals surface area (Å²) >= 11 is 0. The molecule has 0 aromatic rings. The molecule has 12 atom stereocenters. The van der Waals surface area contributed by atoms with Gasteiger partial charge in [-0.2, -0.15) is 0 Å². The highest BCUT2D eigenvalue weighted by molar-refractivity contribution is 5.96. The van der Waals surface area contributed by atoms with E-state index in [0.29, 0.717) is 54.6 Å². The summed E-state index contributed by atoms with van der Waals surface area (Å²) in [5.41, 5.74) is 0.687. The maximum atomic E-state index is 12.8. The first-order valence-corrected chi connectivity index (χ1v) is 17.9. The van der Waals surface area contributed by atoms with Crippen molar-refractivity contribution in [1.29, 1.82) is 0 Å². The number of carbonyl (C=O) groups is 2. The van der Waals surface area contributed by atoms with Crippen LogP contribution < -0.4 is 16.0 Å². The topological polar surface area (TPSA) is 91.9 Å². The predicted molar refractivity (Wildman–Crippen MR) is 166 cm³/mol. The fourth-order valence-electron chi connectivity index (χ4n) is 12.0. The maximum absolute atomic E-state index is 12.8. The third-order valence-corrected chi connectivity index (χ3v) is 14.4. The van der Waals surface area contributed by atoms with Gasteiger partial charge in [0.25, 0.3) is 0 Å². The molecule has 3 heterocycles. The maximum Gasteiger partial charge on any atom is 0.230 e. The molecule has 0 unspecified atom stereocenters. The molecular weight excluding hydrogens is 540 g/mol. The fourth-order valence-corrected chi connectivity index (χ4v) is 12.0. The third kappa shape index (κ3) is 5.28. The zero-order chi connectivity index (χ0) is 30.0. The van der Waals surface area contributed by atoms with Gasteiger partial charge in [0, 0.05) is 31.6 Å². The molecule has 7 aliphatic rings. The van der Waals surface area contributed by atoms with Gasteiger partial charge in [-0.05, 0) is 111 Å². The molecule has 43 heavy (non-hydrogen) atoms. The second-order valence-corrected chi connectivity index (χ2v) is 16.5. The van der Waals surface area contributed by atoms with Crippen molar-refractivity contribution in [3.63, 3.8) is 0 Å². The summed E-state index contributed by atoms with van der Waals surface area (Å²) in [4.78, 5) is 27.4. The number of hydrogen-bond donors (Lipinski definition) is 3. The van der Waals surface area contributed by atoms with E-state index in [1.807, 2.05) is 0 Å². The summed E-state index contributed by atoms with van der Waals surface area (Å²) in [5, 5.41) is 10.1. The van der Waals surface area contributed by atoms with Crippen LogP contribution in [0.4, 0.5) is 0 Å². The van der Waals surface area contributed by atoms with Crippen LogP contribution in [0.1, 0.15) is 98.3 Å². The molecule has 1 spiro atoms. The molecule has 0 aromatic carbocycles. The number of ether oxygens (including phenoxy) is 2. The highest BCUT2D eigenvalue weighted by Gasteiger charge is 2.68. The summed E-state index contributed by atoms with van der Waals surface area (Å²) in [5.74, 6) is 4.78. The van der Waals surface area contributed by atoms with Crippen LogP contribution in [0.3, 0.4) is 0 Å². The molecule has 4 saturated carbocycles. The number of rotatable bonds is 5. The molecule has 3 N–H and O–H groups in total. The number of hydrogen-bond acceptors (Lipinski definition) is 6. The summed E-state index contributed by atoms with van der Waals surface area (Å²) < 4.78 is 12.4. The fraction of sp³-hybridized carbons (Fsp3) is 0.943. The van der Waals surface area contributed by atoms with E-state index in [2.05, 4.69) is 48.5 Å². The SMILES string of the molecule is C[C@@H]1CC[C@@]2(NC1)O[C@H]1C[C@H]3[C@@H]4CC[C@H]5C[C@H](NC(=O)CC(=O)NCN6CCOCC6)CC[C@]5(C)[C@H]4CC[C@]3(C)[C@H]1[C@@H]2C. The minimum atomic E-state index is -0.185. The number of fused-ring (bicyclic) bond motifs is 7. The predicted octanol–water partition coefficient (Wildman–Crippen LogP) is 4.29. The van der Waals surface area contributed by atoms with Crippen molar-refractivity contribution < 1.29 is 19.1 Å². The molecule has 8 nitrogen and oxygen atoms in total. The second-order valence-electron chi connectivity index (χ2n) is 16.5. The lowest BCUT2D eigenvalue weighted by Gasteiger charge is -2.61. The standard InChI is InChI=1S/C35H58N4O4/c1-22-7-12-35(37-20-22)23(2)32-29(43-35)18-28-26-6-5-24-17-25(8-10-33(24,3)27(26)9-11-34(28,32)4)38-31(41)19-30(40)36-21-39-13-15-42-16-14-39/h22-29,32,37H,5-21H2,1-4H3,(H,36,40)(H,38,41)/t22-,23+,24+,25-,26-,27+,28+,29+,32+,33+,34+,35-/m1/s1. The molecule has 3 saturated heterocycles. The lowest BCUT2D eigenvalue weighted by Crippen LogP contribution is -2.58. The Kier molecular flexibility index (Phi) is 8.17. The van der Waals surface area contributed by atoms with Crippen molar-refractivity contribution in [2.24, 2.45) is 52.3 Å². The third-order valence-electron chi connectivity index (χ3n) is 14.4. The smallest absolute Gasteiger partial charge is 0.230 e. The van der Waals surface area contributed by atoms with Crippen molar-refractivity contribution in [3.8, 4) is 0 Å². The van der Waals surface area contributed by atoms with E-state index in [1.165, 1.54) is 51.4 Å². The van der Waals surface area contributed by atoms with Gasteiger partial charge in [0.15, 0.2) is 0 Å². The molecule has 7 rings (SSSR count). The number of morpholine rings is 1.